The van der Waals surface area contributed by atoms with Crippen LogP contribution in [-0.2, 0) is 4.74 Å². The van der Waals surface area contributed by atoms with Crippen molar-refractivity contribution in [3.63, 3.8) is 0 Å². The molecular weight excluding hydrogens is 198 g/mol. The smallest absolute Gasteiger partial charge is 0.0589 e. The molecule has 3 unspecified atom stereocenters. The summed E-state index contributed by atoms with van der Waals surface area (Å²) in [4.78, 5) is 0. The lowest BCUT2D eigenvalue weighted by atomic mass is 9.95. The highest BCUT2D eigenvalue weighted by molar-refractivity contribution is 4.81. The van der Waals surface area contributed by atoms with Gasteiger partial charge in [0.15, 0.2) is 0 Å². The molecule has 1 heterocycles. The van der Waals surface area contributed by atoms with E-state index in [0.717, 1.165) is 12.5 Å². The summed E-state index contributed by atoms with van der Waals surface area (Å²) < 4.78 is 5.78. The van der Waals surface area contributed by atoms with Crippen LogP contribution in [0, 0.1) is 5.92 Å². The molecule has 2 heteroatoms. The molecule has 96 valence electrons. The molecule has 0 aromatic heterocycles. The second-order valence-electron chi connectivity index (χ2n) is 5.43. The number of nitrogens with one attached hydrogen (secondary N) is 1. The van der Waals surface area contributed by atoms with Gasteiger partial charge in [-0.2, -0.15) is 0 Å². The summed E-state index contributed by atoms with van der Waals surface area (Å²) in [6, 6.07) is 1.35. The van der Waals surface area contributed by atoms with Crippen LogP contribution in [0.5, 0.6) is 0 Å². The molecule has 3 atom stereocenters. The van der Waals surface area contributed by atoms with E-state index in [9.17, 15) is 0 Å². The maximum absolute atomic E-state index is 5.78. The Morgan fingerprint density at radius 1 is 1.31 bits per heavy atom. The van der Waals surface area contributed by atoms with E-state index in [0.29, 0.717) is 18.2 Å². The van der Waals surface area contributed by atoms with E-state index in [1.165, 1.54) is 32.1 Å². The van der Waals surface area contributed by atoms with E-state index in [-0.39, 0.29) is 0 Å². The first-order valence-corrected chi connectivity index (χ1v) is 7.05. The first-order valence-electron chi connectivity index (χ1n) is 7.05. The molecule has 0 aromatic carbocycles. The zero-order valence-corrected chi connectivity index (χ0v) is 11.5. The molecule has 16 heavy (non-hydrogen) atoms. The molecular formula is C14H29NO. The Morgan fingerprint density at radius 2 is 2.06 bits per heavy atom. The fourth-order valence-corrected chi connectivity index (χ4v) is 2.64. The zero-order valence-electron chi connectivity index (χ0n) is 11.5. The highest BCUT2D eigenvalue weighted by atomic mass is 16.5. The molecule has 0 spiro atoms. The van der Waals surface area contributed by atoms with Crippen molar-refractivity contribution in [2.45, 2.75) is 78.0 Å². The minimum absolute atomic E-state index is 0.501. The summed E-state index contributed by atoms with van der Waals surface area (Å²) in [5, 5.41) is 3.81. The minimum Gasteiger partial charge on any atom is -0.378 e. The SMILES string of the molecule is CCCC1CC(NC(CC)C(C)C)CCO1. The normalized spacial score (nSPS) is 28.3. The first-order chi connectivity index (χ1) is 7.67. The third-order valence-electron chi connectivity index (χ3n) is 3.67. The summed E-state index contributed by atoms with van der Waals surface area (Å²) in [5.74, 6) is 0.734. The lowest BCUT2D eigenvalue weighted by molar-refractivity contribution is -0.00607. The van der Waals surface area contributed by atoms with Gasteiger partial charge in [-0.05, 0) is 31.6 Å². The van der Waals surface area contributed by atoms with Crippen LogP contribution in [0.2, 0.25) is 0 Å². The molecule has 1 N–H and O–H groups in total. The highest BCUT2D eigenvalue weighted by Gasteiger charge is 2.24. The Bertz CT molecular complexity index is 180. The van der Waals surface area contributed by atoms with Crippen molar-refractivity contribution in [2.75, 3.05) is 6.61 Å². The summed E-state index contributed by atoms with van der Waals surface area (Å²) in [5.41, 5.74) is 0. The van der Waals surface area contributed by atoms with Gasteiger partial charge in [0.2, 0.25) is 0 Å². The van der Waals surface area contributed by atoms with Crippen molar-refractivity contribution in [2.24, 2.45) is 5.92 Å². The highest BCUT2D eigenvalue weighted by Crippen LogP contribution is 2.19. The van der Waals surface area contributed by atoms with Gasteiger partial charge in [-0.25, -0.2) is 0 Å². The van der Waals surface area contributed by atoms with Crippen molar-refractivity contribution < 1.29 is 4.74 Å². The van der Waals surface area contributed by atoms with Crippen LogP contribution in [0.4, 0.5) is 0 Å². The van der Waals surface area contributed by atoms with Crippen LogP contribution < -0.4 is 5.32 Å². The van der Waals surface area contributed by atoms with Crippen LogP contribution in [0.1, 0.15) is 59.8 Å². The summed E-state index contributed by atoms with van der Waals surface area (Å²) >= 11 is 0. The second kappa shape index (κ2) is 7.29. The van der Waals surface area contributed by atoms with Gasteiger partial charge in [0, 0.05) is 18.7 Å². The lowest BCUT2D eigenvalue weighted by Gasteiger charge is -2.34. The van der Waals surface area contributed by atoms with Crippen LogP contribution >= 0.6 is 0 Å². The first kappa shape index (κ1) is 14.0. The largest absolute Gasteiger partial charge is 0.378 e. The summed E-state index contributed by atoms with van der Waals surface area (Å²) in [6.45, 7) is 10.1. The average molecular weight is 227 g/mol. The van der Waals surface area contributed by atoms with E-state index in [1.807, 2.05) is 0 Å². The van der Waals surface area contributed by atoms with Crippen LogP contribution in [0.3, 0.4) is 0 Å². The van der Waals surface area contributed by atoms with Crippen molar-refractivity contribution in [1.29, 1.82) is 0 Å². The standard InChI is InChI=1S/C14H29NO/c1-5-7-13-10-12(8-9-16-13)15-14(6-2)11(3)4/h11-15H,5-10H2,1-4H3. The van der Waals surface area contributed by atoms with Gasteiger partial charge >= 0.3 is 0 Å². The summed E-state index contributed by atoms with van der Waals surface area (Å²) in [6.07, 6.45) is 6.57. The molecule has 1 aliphatic rings. The Labute approximate surface area is 101 Å². The van der Waals surface area contributed by atoms with E-state index in [1.54, 1.807) is 0 Å². The van der Waals surface area contributed by atoms with Gasteiger partial charge in [0.1, 0.15) is 0 Å². The fraction of sp³-hybridized carbons (Fsp3) is 1.00. The van der Waals surface area contributed by atoms with Crippen molar-refractivity contribution >= 4 is 0 Å². The number of hydrogen-bond donors (Lipinski definition) is 1. The second-order valence-corrected chi connectivity index (χ2v) is 5.43. The lowest BCUT2D eigenvalue weighted by Crippen LogP contribution is -2.45. The fourth-order valence-electron chi connectivity index (χ4n) is 2.64. The van der Waals surface area contributed by atoms with E-state index >= 15 is 0 Å². The molecule has 1 rings (SSSR count). The predicted molar refractivity (Wildman–Crippen MR) is 69.7 cm³/mol. The molecule has 1 fully saturated rings. The predicted octanol–water partition coefficient (Wildman–Crippen LogP) is 3.36. The average Bonchev–Trinajstić information content (AvgIpc) is 2.26. The molecule has 0 aliphatic carbocycles. The molecule has 0 radical (unpaired) electrons. The number of ether oxygens (including phenoxy) is 1. The van der Waals surface area contributed by atoms with Crippen LogP contribution in [-0.4, -0.2) is 24.8 Å². The zero-order chi connectivity index (χ0) is 12.0. The summed E-state index contributed by atoms with van der Waals surface area (Å²) in [7, 11) is 0. The van der Waals surface area contributed by atoms with Crippen molar-refractivity contribution in [3.8, 4) is 0 Å². The van der Waals surface area contributed by atoms with Gasteiger partial charge in [-0.3, -0.25) is 0 Å². The van der Waals surface area contributed by atoms with E-state index < -0.39 is 0 Å². The van der Waals surface area contributed by atoms with Crippen molar-refractivity contribution in [1.82, 2.24) is 5.32 Å². The molecule has 0 aromatic rings. The molecule has 0 amide bonds. The number of hydrogen-bond acceptors (Lipinski definition) is 2. The topological polar surface area (TPSA) is 21.3 Å². The molecule has 0 bridgehead atoms. The van der Waals surface area contributed by atoms with Crippen LogP contribution in [0.15, 0.2) is 0 Å². The van der Waals surface area contributed by atoms with Gasteiger partial charge in [-0.15, -0.1) is 0 Å². The van der Waals surface area contributed by atoms with Gasteiger partial charge < -0.3 is 10.1 Å². The molecule has 1 saturated heterocycles. The minimum atomic E-state index is 0.501. The van der Waals surface area contributed by atoms with Crippen molar-refractivity contribution in [3.05, 3.63) is 0 Å². The monoisotopic (exact) mass is 227 g/mol. The third-order valence-corrected chi connectivity index (χ3v) is 3.67. The Hall–Kier alpha value is -0.0800. The van der Waals surface area contributed by atoms with Crippen LogP contribution in [0.25, 0.3) is 0 Å². The third kappa shape index (κ3) is 4.42. The maximum atomic E-state index is 5.78. The quantitative estimate of drug-likeness (QED) is 0.751. The van der Waals surface area contributed by atoms with Gasteiger partial charge in [0.05, 0.1) is 6.10 Å². The molecule has 2 nitrogen and oxygen atoms in total. The number of rotatable bonds is 6. The van der Waals surface area contributed by atoms with Gasteiger partial charge in [-0.1, -0.05) is 34.1 Å². The Morgan fingerprint density at radius 3 is 2.62 bits per heavy atom. The van der Waals surface area contributed by atoms with E-state index in [2.05, 4.69) is 33.0 Å². The Kier molecular flexibility index (Phi) is 6.37. The molecule has 1 aliphatic heterocycles. The van der Waals surface area contributed by atoms with Gasteiger partial charge in [0.25, 0.3) is 0 Å². The van der Waals surface area contributed by atoms with E-state index in [4.69, 9.17) is 4.74 Å². The molecule has 0 saturated carbocycles. The maximum Gasteiger partial charge on any atom is 0.0589 e. The Balaban J connectivity index is 2.35.